The van der Waals surface area contributed by atoms with Gasteiger partial charge in [-0.25, -0.2) is 0 Å². The highest BCUT2D eigenvalue weighted by Gasteiger charge is 2.14. The molecule has 2 nitrogen and oxygen atoms in total. The van der Waals surface area contributed by atoms with Gasteiger partial charge in [0.2, 0.25) is 0 Å². The van der Waals surface area contributed by atoms with Crippen LogP contribution in [-0.2, 0) is 4.74 Å². The molecule has 0 aromatic heterocycles. The Bertz CT molecular complexity index is 298. The first kappa shape index (κ1) is 12.8. The summed E-state index contributed by atoms with van der Waals surface area (Å²) in [5, 5.41) is 3.43. The SMILES string of the molecule is c1ccc(NCCCSCC2CCCO2)cc1. The maximum atomic E-state index is 5.59. The number of anilines is 1. The molecule has 0 aliphatic carbocycles. The van der Waals surface area contributed by atoms with Gasteiger partial charge in [0.25, 0.3) is 0 Å². The Hall–Kier alpha value is -0.670. The summed E-state index contributed by atoms with van der Waals surface area (Å²) in [5.74, 6) is 2.39. The topological polar surface area (TPSA) is 21.3 Å². The Morgan fingerprint density at radius 1 is 1.29 bits per heavy atom. The van der Waals surface area contributed by atoms with Gasteiger partial charge in [-0.05, 0) is 37.1 Å². The number of nitrogens with one attached hydrogen (secondary N) is 1. The molecule has 1 atom stereocenters. The zero-order chi connectivity index (χ0) is 11.8. The number of benzene rings is 1. The molecular formula is C14H21NOS. The second kappa shape index (κ2) is 7.62. The molecule has 1 aliphatic heterocycles. The molecule has 1 fully saturated rings. The molecular weight excluding hydrogens is 230 g/mol. The second-order valence-corrected chi connectivity index (χ2v) is 5.51. The van der Waals surface area contributed by atoms with Crippen molar-refractivity contribution in [3.63, 3.8) is 0 Å². The maximum Gasteiger partial charge on any atom is 0.0666 e. The number of hydrogen-bond acceptors (Lipinski definition) is 3. The Labute approximate surface area is 108 Å². The van der Waals surface area contributed by atoms with Crippen LogP contribution in [0.1, 0.15) is 19.3 Å². The maximum absolute atomic E-state index is 5.59. The molecule has 1 aromatic rings. The van der Waals surface area contributed by atoms with Gasteiger partial charge in [-0.2, -0.15) is 11.8 Å². The third-order valence-electron chi connectivity index (χ3n) is 2.90. The smallest absolute Gasteiger partial charge is 0.0666 e. The van der Waals surface area contributed by atoms with Gasteiger partial charge >= 0.3 is 0 Å². The molecule has 1 N–H and O–H groups in total. The molecule has 1 heterocycles. The summed E-state index contributed by atoms with van der Waals surface area (Å²) in [7, 11) is 0. The quantitative estimate of drug-likeness (QED) is 0.750. The van der Waals surface area contributed by atoms with Crippen LogP contribution in [0.15, 0.2) is 30.3 Å². The molecule has 17 heavy (non-hydrogen) atoms. The number of thioether (sulfide) groups is 1. The predicted molar refractivity (Wildman–Crippen MR) is 75.8 cm³/mol. The van der Waals surface area contributed by atoms with Crippen LogP contribution in [-0.4, -0.2) is 30.8 Å². The fourth-order valence-corrected chi connectivity index (χ4v) is 2.99. The molecule has 0 radical (unpaired) electrons. The monoisotopic (exact) mass is 251 g/mol. The average molecular weight is 251 g/mol. The third kappa shape index (κ3) is 5.00. The highest BCUT2D eigenvalue weighted by Crippen LogP contribution is 2.17. The van der Waals surface area contributed by atoms with E-state index in [-0.39, 0.29) is 0 Å². The fraction of sp³-hybridized carbons (Fsp3) is 0.571. The van der Waals surface area contributed by atoms with Crippen molar-refractivity contribution in [2.24, 2.45) is 0 Å². The van der Waals surface area contributed by atoms with Crippen LogP contribution in [0.4, 0.5) is 5.69 Å². The molecule has 1 saturated heterocycles. The van der Waals surface area contributed by atoms with E-state index in [4.69, 9.17) is 4.74 Å². The first-order valence-electron chi connectivity index (χ1n) is 6.43. The van der Waals surface area contributed by atoms with Crippen LogP contribution < -0.4 is 5.32 Å². The van der Waals surface area contributed by atoms with Crippen molar-refractivity contribution in [3.8, 4) is 0 Å². The van der Waals surface area contributed by atoms with E-state index in [1.165, 1.54) is 36.5 Å². The lowest BCUT2D eigenvalue weighted by Gasteiger charge is -2.09. The minimum atomic E-state index is 0.530. The second-order valence-electron chi connectivity index (χ2n) is 4.36. The molecule has 1 aliphatic rings. The van der Waals surface area contributed by atoms with E-state index in [1.807, 2.05) is 17.8 Å². The van der Waals surface area contributed by atoms with Crippen LogP contribution in [0.3, 0.4) is 0 Å². The average Bonchev–Trinajstić information content (AvgIpc) is 2.88. The summed E-state index contributed by atoms with van der Waals surface area (Å²) >= 11 is 2.02. The molecule has 0 bridgehead atoms. The normalized spacial score (nSPS) is 19.4. The lowest BCUT2D eigenvalue weighted by atomic mass is 10.3. The Morgan fingerprint density at radius 3 is 2.94 bits per heavy atom. The van der Waals surface area contributed by atoms with Crippen LogP contribution in [0.2, 0.25) is 0 Å². The molecule has 0 saturated carbocycles. The van der Waals surface area contributed by atoms with Gasteiger partial charge in [0.15, 0.2) is 0 Å². The summed E-state index contributed by atoms with van der Waals surface area (Å²) < 4.78 is 5.59. The minimum Gasteiger partial charge on any atom is -0.385 e. The van der Waals surface area contributed by atoms with E-state index in [1.54, 1.807) is 0 Å². The summed E-state index contributed by atoms with van der Waals surface area (Å²) in [6, 6.07) is 10.4. The highest BCUT2D eigenvalue weighted by atomic mass is 32.2. The molecule has 94 valence electrons. The summed E-state index contributed by atoms with van der Waals surface area (Å²) in [6.07, 6.45) is 4.25. The van der Waals surface area contributed by atoms with Gasteiger partial charge in [0.05, 0.1) is 6.10 Å². The van der Waals surface area contributed by atoms with E-state index in [9.17, 15) is 0 Å². The van der Waals surface area contributed by atoms with E-state index in [0.717, 1.165) is 13.2 Å². The zero-order valence-corrected chi connectivity index (χ0v) is 11.0. The van der Waals surface area contributed by atoms with Crippen molar-refractivity contribution in [3.05, 3.63) is 30.3 Å². The van der Waals surface area contributed by atoms with Gasteiger partial charge in [-0.1, -0.05) is 18.2 Å². The van der Waals surface area contributed by atoms with Gasteiger partial charge in [-0.15, -0.1) is 0 Å². The number of ether oxygens (including phenoxy) is 1. The lowest BCUT2D eigenvalue weighted by Crippen LogP contribution is -2.09. The van der Waals surface area contributed by atoms with Crippen LogP contribution in [0.5, 0.6) is 0 Å². The van der Waals surface area contributed by atoms with Gasteiger partial charge in [0.1, 0.15) is 0 Å². The number of hydrogen-bond donors (Lipinski definition) is 1. The molecule has 0 spiro atoms. The summed E-state index contributed by atoms with van der Waals surface area (Å²) in [4.78, 5) is 0. The van der Waals surface area contributed by atoms with Crippen molar-refractivity contribution in [1.82, 2.24) is 0 Å². The van der Waals surface area contributed by atoms with Gasteiger partial charge in [0, 0.05) is 24.6 Å². The van der Waals surface area contributed by atoms with Crippen molar-refractivity contribution >= 4 is 17.4 Å². The molecule has 2 rings (SSSR count). The summed E-state index contributed by atoms with van der Waals surface area (Å²) in [6.45, 7) is 2.03. The van der Waals surface area contributed by atoms with Crippen molar-refractivity contribution in [1.29, 1.82) is 0 Å². The van der Waals surface area contributed by atoms with E-state index >= 15 is 0 Å². The van der Waals surface area contributed by atoms with E-state index in [0.29, 0.717) is 6.10 Å². The van der Waals surface area contributed by atoms with Gasteiger partial charge in [-0.3, -0.25) is 0 Å². The predicted octanol–water partition coefficient (Wildman–Crippen LogP) is 3.40. The molecule has 1 unspecified atom stereocenters. The summed E-state index contributed by atoms with van der Waals surface area (Å²) in [5.41, 5.74) is 1.22. The van der Waals surface area contributed by atoms with Crippen LogP contribution >= 0.6 is 11.8 Å². The molecule has 1 aromatic carbocycles. The van der Waals surface area contributed by atoms with Crippen molar-refractivity contribution in [2.75, 3.05) is 30.0 Å². The number of rotatable bonds is 7. The molecule has 0 amide bonds. The van der Waals surface area contributed by atoms with E-state index in [2.05, 4.69) is 29.6 Å². The zero-order valence-electron chi connectivity index (χ0n) is 10.2. The first-order valence-corrected chi connectivity index (χ1v) is 7.59. The standard InChI is InChI=1S/C14H21NOS/c1-2-6-13(7-3-1)15-9-5-11-17-12-14-8-4-10-16-14/h1-3,6-7,14-15H,4-5,8-12H2. The van der Waals surface area contributed by atoms with E-state index < -0.39 is 0 Å². The van der Waals surface area contributed by atoms with Gasteiger partial charge < -0.3 is 10.1 Å². The first-order chi connectivity index (χ1) is 8.45. The van der Waals surface area contributed by atoms with Crippen molar-refractivity contribution < 1.29 is 4.74 Å². The van der Waals surface area contributed by atoms with Crippen molar-refractivity contribution in [2.45, 2.75) is 25.4 Å². The van der Waals surface area contributed by atoms with Crippen LogP contribution in [0, 0.1) is 0 Å². The Kier molecular flexibility index (Phi) is 5.73. The van der Waals surface area contributed by atoms with Crippen LogP contribution in [0.25, 0.3) is 0 Å². The third-order valence-corrected chi connectivity index (χ3v) is 4.08. The minimum absolute atomic E-state index is 0.530. The Balaban J connectivity index is 1.46. The molecule has 3 heteroatoms. The lowest BCUT2D eigenvalue weighted by molar-refractivity contribution is 0.129. The highest BCUT2D eigenvalue weighted by molar-refractivity contribution is 7.99. The number of para-hydroxylation sites is 1. The largest absolute Gasteiger partial charge is 0.385 e. The fourth-order valence-electron chi connectivity index (χ4n) is 1.95. The Morgan fingerprint density at radius 2 is 2.18 bits per heavy atom.